The zero-order valence-corrected chi connectivity index (χ0v) is 10.8. The maximum Gasteiger partial charge on any atom is 0.152 e. The highest BCUT2D eigenvalue weighted by atomic mass is 16.1. The zero-order chi connectivity index (χ0) is 13.9. The summed E-state index contributed by atoms with van der Waals surface area (Å²) in [6, 6.07) is 17.4. The van der Waals surface area contributed by atoms with Crippen LogP contribution < -0.4 is 0 Å². The summed E-state index contributed by atoms with van der Waals surface area (Å²) in [5.74, 6) is 0. The normalized spacial score (nSPS) is 10.3. The van der Waals surface area contributed by atoms with Crippen molar-refractivity contribution in [2.45, 2.75) is 6.54 Å². The third-order valence-corrected chi connectivity index (χ3v) is 3.43. The van der Waals surface area contributed by atoms with Gasteiger partial charge in [0.15, 0.2) is 6.29 Å². The maximum absolute atomic E-state index is 11.2. The lowest BCUT2D eigenvalue weighted by Gasteiger charge is -2.08. The van der Waals surface area contributed by atoms with Gasteiger partial charge in [-0.05, 0) is 23.8 Å². The Kier molecular flexibility index (Phi) is 3.06. The molecule has 0 aliphatic carbocycles. The first kappa shape index (κ1) is 12.2. The Morgan fingerprint density at radius 1 is 1.10 bits per heavy atom. The second-order valence-corrected chi connectivity index (χ2v) is 4.62. The van der Waals surface area contributed by atoms with Crippen molar-refractivity contribution < 1.29 is 4.79 Å². The number of nitriles is 1. The zero-order valence-electron chi connectivity index (χ0n) is 10.8. The minimum atomic E-state index is 0.581. The van der Waals surface area contributed by atoms with Crippen molar-refractivity contribution in [3.63, 3.8) is 0 Å². The van der Waals surface area contributed by atoms with Gasteiger partial charge >= 0.3 is 0 Å². The number of carbonyl (C=O) groups is 1. The molecule has 0 fully saturated rings. The molecule has 0 N–H and O–H groups in total. The molecule has 3 rings (SSSR count). The first-order chi connectivity index (χ1) is 9.83. The molecular formula is C17H12N2O. The van der Waals surface area contributed by atoms with Gasteiger partial charge in [0.05, 0.1) is 17.1 Å². The van der Waals surface area contributed by atoms with Gasteiger partial charge in [-0.25, -0.2) is 0 Å². The predicted molar refractivity (Wildman–Crippen MR) is 77.6 cm³/mol. The van der Waals surface area contributed by atoms with Gasteiger partial charge in [0.25, 0.3) is 0 Å². The van der Waals surface area contributed by atoms with E-state index < -0.39 is 0 Å². The van der Waals surface area contributed by atoms with E-state index in [1.807, 2.05) is 59.3 Å². The van der Waals surface area contributed by atoms with Gasteiger partial charge in [-0.15, -0.1) is 0 Å². The second kappa shape index (κ2) is 5.02. The summed E-state index contributed by atoms with van der Waals surface area (Å²) in [6.45, 7) is 0.581. The molecule has 0 spiro atoms. The van der Waals surface area contributed by atoms with Crippen LogP contribution in [0.25, 0.3) is 10.9 Å². The van der Waals surface area contributed by atoms with E-state index in [9.17, 15) is 4.79 Å². The number of nitrogens with zero attached hydrogens (tertiary/aromatic N) is 2. The highest BCUT2D eigenvalue weighted by Crippen LogP contribution is 2.21. The molecule has 0 atom stereocenters. The van der Waals surface area contributed by atoms with E-state index in [4.69, 9.17) is 5.26 Å². The molecule has 1 aromatic heterocycles. The molecule has 20 heavy (non-hydrogen) atoms. The van der Waals surface area contributed by atoms with Crippen molar-refractivity contribution in [2.75, 3.05) is 0 Å². The Bertz CT molecular complexity index is 824. The molecule has 3 aromatic rings. The standard InChI is InChI=1S/C17H12N2O/c18-10-14-4-1-2-5-15(14)11-19-9-8-13-6-3-7-16(12-20)17(13)19/h1-9,12H,11H2. The molecule has 0 saturated carbocycles. The van der Waals surface area contributed by atoms with Crippen LogP contribution in [0.4, 0.5) is 0 Å². The summed E-state index contributed by atoms with van der Waals surface area (Å²) >= 11 is 0. The number of carbonyl (C=O) groups excluding carboxylic acids is 1. The molecule has 0 aliphatic rings. The molecule has 96 valence electrons. The second-order valence-electron chi connectivity index (χ2n) is 4.62. The van der Waals surface area contributed by atoms with Crippen LogP contribution >= 0.6 is 0 Å². The summed E-state index contributed by atoms with van der Waals surface area (Å²) < 4.78 is 2.01. The molecular weight excluding hydrogens is 248 g/mol. The number of fused-ring (bicyclic) bond motifs is 1. The fraction of sp³-hybridized carbons (Fsp3) is 0.0588. The predicted octanol–water partition coefficient (Wildman–Crippen LogP) is 3.37. The number of benzene rings is 2. The summed E-state index contributed by atoms with van der Waals surface area (Å²) in [5, 5.41) is 10.2. The van der Waals surface area contributed by atoms with E-state index in [0.717, 1.165) is 22.8 Å². The Morgan fingerprint density at radius 3 is 2.75 bits per heavy atom. The van der Waals surface area contributed by atoms with Crippen LogP contribution in [-0.2, 0) is 6.54 Å². The van der Waals surface area contributed by atoms with Gasteiger partial charge in [-0.3, -0.25) is 4.79 Å². The van der Waals surface area contributed by atoms with E-state index in [0.29, 0.717) is 17.7 Å². The average molecular weight is 260 g/mol. The SMILES string of the molecule is N#Cc1ccccc1Cn1ccc2cccc(C=O)c21. The van der Waals surface area contributed by atoms with Crippen LogP contribution in [-0.4, -0.2) is 10.9 Å². The number of para-hydroxylation sites is 1. The molecule has 2 aromatic carbocycles. The van der Waals surface area contributed by atoms with E-state index >= 15 is 0 Å². The molecule has 0 unspecified atom stereocenters. The number of hydrogen-bond acceptors (Lipinski definition) is 2. The molecule has 3 heteroatoms. The largest absolute Gasteiger partial charge is 0.342 e. The third kappa shape index (κ3) is 1.98. The molecule has 3 nitrogen and oxygen atoms in total. The highest BCUT2D eigenvalue weighted by molar-refractivity contribution is 5.96. The van der Waals surface area contributed by atoms with Crippen molar-refractivity contribution in [3.05, 3.63) is 71.4 Å². The summed E-state index contributed by atoms with van der Waals surface area (Å²) in [4.78, 5) is 11.2. The van der Waals surface area contributed by atoms with Crippen molar-refractivity contribution in [1.82, 2.24) is 4.57 Å². The monoisotopic (exact) mass is 260 g/mol. The van der Waals surface area contributed by atoms with Crippen molar-refractivity contribution in [2.24, 2.45) is 0 Å². The van der Waals surface area contributed by atoms with Crippen molar-refractivity contribution in [1.29, 1.82) is 5.26 Å². The molecule has 0 aliphatic heterocycles. The minimum Gasteiger partial charge on any atom is -0.342 e. The minimum absolute atomic E-state index is 0.581. The van der Waals surface area contributed by atoms with E-state index in [1.54, 1.807) is 0 Å². The molecule has 0 saturated heterocycles. The Morgan fingerprint density at radius 2 is 1.95 bits per heavy atom. The van der Waals surface area contributed by atoms with Crippen molar-refractivity contribution >= 4 is 17.2 Å². The fourth-order valence-electron chi connectivity index (χ4n) is 2.47. The lowest BCUT2D eigenvalue weighted by molar-refractivity contribution is 0.112. The number of aromatic nitrogens is 1. The topological polar surface area (TPSA) is 45.8 Å². The maximum atomic E-state index is 11.2. The van der Waals surface area contributed by atoms with Gasteiger partial charge in [0.2, 0.25) is 0 Å². The molecule has 0 bridgehead atoms. The van der Waals surface area contributed by atoms with Gasteiger partial charge in [0, 0.05) is 23.7 Å². The number of rotatable bonds is 3. The summed E-state index contributed by atoms with van der Waals surface area (Å²) in [5.41, 5.74) is 3.20. The van der Waals surface area contributed by atoms with Crippen LogP contribution in [0, 0.1) is 11.3 Å². The Balaban J connectivity index is 2.12. The van der Waals surface area contributed by atoms with Gasteiger partial charge in [-0.2, -0.15) is 5.26 Å². The molecule has 1 heterocycles. The lowest BCUT2D eigenvalue weighted by Crippen LogP contribution is -2.01. The number of hydrogen-bond donors (Lipinski definition) is 0. The van der Waals surface area contributed by atoms with E-state index in [-0.39, 0.29) is 0 Å². The molecule has 0 amide bonds. The average Bonchev–Trinajstić information content (AvgIpc) is 2.91. The molecule has 0 radical (unpaired) electrons. The van der Waals surface area contributed by atoms with Crippen LogP contribution in [0.3, 0.4) is 0 Å². The Labute approximate surface area is 116 Å². The van der Waals surface area contributed by atoms with Gasteiger partial charge < -0.3 is 4.57 Å². The van der Waals surface area contributed by atoms with Crippen LogP contribution in [0.5, 0.6) is 0 Å². The van der Waals surface area contributed by atoms with E-state index in [2.05, 4.69) is 6.07 Å². The fourth-order valence-corrected chi connectivity index (χ4v) is 2.47. The lowest BCUT2D eigenvalue weighted by atomic mass is 10.1. The smallest absolute Gasteiger partial charge is 0.152 e. The number of aldehydes is 1. The van der Waals surface area contributed by atoms with Gasteiger partial charge in [0.1, 0.15) is 0 Å². The van der Waals surface area contributed by atoms with Crippen LogP contribution in [0.15, 0.2) is 54.7 Å². The van der Waals surface area contributed by atoms with Crippen LogP contribution in [0.2, 0.25) is 0 Å². The van der Waals surface area contributed by atoms with E-state index in [1.165, 1.54) is 0 Å². The highest BCUT2D eigenvalue weighted by Gasteiger charge is 2.08. The van der Waals surface area contributed by atoms with Gasteiger partial charge in [-0.1, -0.05) is 30.3 Å². The van der Waals surface area contributed by atoms with Crippen molar-refractivity contribution in [3.8, 4) is 6.07 Å². The summed E-state index contributed by atoms with van der Waals surface area (Å²) in [6.07, 6.45) is 2.82. The first-order valence-electron chi connectivity index (χ1n) is 6.34. The third-order valence-electron chi connectivity index (χ3n) is 3.43. The Hall–Kier alpha value is -2.86. The quantitative estimate of drug-likeness (QED) is 0.678. The summed E-state index contributed by atoms with van der Waals surface area (Å²) in [7, 11) is 0. The van der Waals surface area contributed by atoms with Crippen LogP contribution in [0.1, 0.15) is 21.5 Å². The first-order valence-corrected chi connectivity index (χ1v) is 6.34.